The molecule has 3 heterocycles. The normalized spacial score (nSPS) is 11.4. The summed E-state index contributed by atoms with van der Waals surface area (Å²) in [5.74, 6) is 0. The Morgan fingerprint density at radius 2 is 1.75 bits per heavy atom. The van der Waals surface area contributed by atoms with Crippen LogP contribution in [0, 0.1) is 13.8 Å². The van der Waals surface area contributed by atoms with Crippen molar-refractivity contribution in [1.82, 2.24) is 14.5 Å². The second-order valence-electron chi connectivity index (χ2n) is 4.18. The fourth-order valence-electron chi connectivity index (χ4n) is 2.46. The average molecular weight is 211 g/mol. The van der Waals surface area contributed by atoms with Gasteiger partial charge in [-0.1, -0.05) is 0 Å². The lowest BCUT2D eigenvalue weighted by Crippen LogP contribution is -1.92. The van der Waals surface area contributed by atoms with Gasteiger partial charge in [0.05, 0.1) is 22.2 Å². The third-order valence-corrected chi connectivity index (χ3v) is 3.16. The Morgan fingerprint density at radius 3 is 2.56 bits per heavy atom. The second-order valence-corrected chi connectivity index (χ2v) is 4.18. The number of fused-ring (bicyclic) bond motifs is 3. The van der Waals surface area contributed by atoms with Crippen LogP contribution in [0.25, 0.3) is 21.9 Å². The fourth-order valence-corrected chi connectivity index (χ4v) is 2.46. The summed E-state index contributed by atoms with van der Waals surface area (Å²) in [6, 6.07) is 4.08. The Balaban J connectivity index is 2.70. The van der Waals surface area contributed by atoms with Gasteiger partial charge in [-0.3, -0.25) is 9.97 Å². The zero-order valence-electron chi connectivity index (χ0n) is 9.65. The van der Waals surface area contributed by atoms with Gasteiger partial charge in [0.15, 0.2) is 0 Å². The third-order valence-electron chi connectivity index (χ3n) is 3.16. The number of pyridine rings is 2. The number of nitrogens with zero attached hydrogens (tertiary/aromatic N) is 3. The fraction of sp³-hybridized carbons (Fsp3) is 0.231. The van der Waals surface area contributed by atoms with Crippen LogP contribution in [0.5, 0.6) is 0 Å². The highest BCUT2D eigenvalue weighted by Crippen LogP contribution is 2.29. The summed E-state index contributed by atoms with van der Waals surface area (Å²) in [4.78, 5) is 8.83. The summed E-state index contributed by atoms with van der Waals surface area (Å²) < 4.78 is 2.19. The summed E-state index contributed by atoms with van der Waals surface area (Å²) in [5, 5.41) is 1.19. The Bertz CT molecular complexity index is 636. The average Bonchev–Trinajstić information content (AvgIpc) is 2.56. The maximum absolute atomic E-state index is 4.48. The molecule has 0 aromatic carbocycles. The van der Waals surface area contributed by atoms with Crippen molar-refractivity contribution in [3.8, 4) is 0 Å². The lowest BCUT2D eigenvalue weighted by molar-refractivity contribution is 0.990. The van der Waals surface area contributed by atoms with Gasteiger partial charge in [-0.15, -0.1) is 0 Å². The van der Waals surface area contributed by atoms with E-state index in [1.165, 1.54) is 22.0 Å². The van der Waals surface area contributed by atoms with Crippen molar-refractivity contribution >= 4 is 21.9 Å². The predicted octanol–water partition coefficient (Wildman–Crippen LogP) is 2.74. The molecule has 0 saturated heterocycles. The summed E-state index contributed by atoms with van der Waals surface area (Å²) in [6.45, 7) is 4.15. The second kappa shape index (κ2) is 3.04. The molecule has 3 rings (SSSR count). The largest absolute Gasteiger partial charge is 0.341 e. The van der Waals surface area contributed by atoms with Crippen molar-refractivity contribution in [2.24, 2.45) is 7.05 Å². The molecule has 16 heavy (non-hydrogen) atoms. The Kier molecular flexibility index (Phi) is 1.78. The minimum Gasteiger partial charge on any atom is -0.341 e. The van der Waals surface area contributed by atoms with Crippen LogP contribution in [0.4, 0.5) is 0 Å². The van der Waals surface area contributed by atoms with Crippen molar-refractivity contribution in [2.45, 2.75) is 13.8 Å². The zero-order valence-corrected chi connectivity index (χ0v) is 9.65. The molecular formula is C13H13N3. The number of hydrogen-bond acceptors (Lipinski definition) is 2. The van der Waals surface area contributed by atoms with E-state index >= 15 is 0 Å². The van der Waals surface area contributed by atoms with Gasteiger partial charge in [-0.25, -0.2) is 0 Å². The Labute approximate surface area is 93.7 Å². The van der Waals surface area contributed by atoms with Gasteiger partial charge in [0.1, 0.15) is 0 Å². The Morgan fingerprint density at radius 1 is 1.00 bits per heavy atom. The van der Waals surface area contributed by atoms with Crippen molar-refractivity contribution in [3.63, 3.8) is 0 Å². The van der Waals surface area contributed by atoms with Crippen LogP contribution in [0.2, 0.25) is 0 Å². The zero-order chi connectivity index (χ0) is 11.3. The Hall–Kier alpha value is -1.90. The van der Waals surface area contributed by atoms with Gasteiger partial charge in [0.2, 0.25) is 0 Å². The molecule has 0 unspecified atom stereocenters. The van der Waals surface area contributed by atoms with Gasteiger partial charge >= 0.3 is 0 Å². The van der Waals surface area contributed by atoms with E-state index in [0.29, 0.717) is 0 Å². The molecule has 3 aromatic heterocycles. The first-order valence-corrected chi connectivity index (χ1v) is 5.35. The van der Waals surface area contributed by atoms with E-state index in [1.807, 2.05) is 31.5 Å². The number of hydrogen-bond donors (Lipinski definition) is 0. The van der Waals surface area contributed by atoms with Crippen LogP contribution >= 0.6 is 0 Å². The van der Waals surface area contributed by atoms with Gasteiger partial charge < -0.3 is 4.57 Å². The van der Waals surface area contributed by atoms with E-state index in [1.54, 1.807) is 0 Å². The number of aryl methyl sites for hydroxylation is 3. The van der Waals surface area contributed by atoms with Crippen LogP contribution < -0.4 is 0 Å². The van der Waals surface area contributed by atoms with E-state index < -0.39 is 0 Å². The molecule has 0 N–H and O–H groups in total. The van der Waals surface area contributed by atoms with Gasteiger partial charge in [-0.05, 0) is 31.5 Å². The summed E-state index contributed by atoms with van der Waals surface area (Å²) in [7, 11) is 2.08. The highest BCUT2D eigenvalue weighted by molar-refractivity contribution is 6.07. The van der Waals surface area contributed by atoms with Gasteiger partial charge in [-0.2, -0.15) is 0 Å². The molecule has 0 bridgehead atoms. The molecule has 0 amide bonds. The molecule has 0 fully saturated rings. The lowest BCUT2D eigenvalue weighted by Gasteiger charge is -2.01. The van der Waals surface area contributed by atoms with Crippen LogP contribution in [-0.2, 0) is 7.05 Å². The molecule has 0 radical (unpaired) electrons. The van der Waals surface area contributed by atoms with Crippen LogP contribution in [0.1, 0.15) is 11.3 Å². The minimum absolute atomic E-state index is 1.05. The maximum atomic E-state index is 4.48. The smallest absolute Gasteiger partial charge is 0.0963 e. The summed E-state index contributed by atoms with van der Waals surface area (Å²) >= 11 is 0. The molecule has 3 heteroatoms. The first kappa shape index (κ1) is 9.33. The predicted molar refractivity (Wildman–Crippen MR) is 65.5 cm³/mol. The molecule has 0 spiro atoms. The van der Waals surface area contributed by atoms with Crippen molar-refractivity contribution in [3.05, 3.63) is 35.8 Å². The molecule has 0 aliphatic carbocycles. The first-order valence-electron chi connectivity index (χ1n) is 5.35. The third kappa shape index (κ3) is 1.03. The molecule has 3 aromatic rings. The SMILES string of the molecule is Cc1nccc2c3nccc(C)c3n(C)c12. The van der Waals surface area contributed by atoms with Crippen molar-refractivity contribution in [1.29, 1.82) is 0 Å². The van der Waals surface area contributed by atoms with Gasteiger partial charge in [0.25, 0.3) is 0 Å². The minimum atomic E-state index is 1.05. The highest BCUT2D eigenvalue weighted by Gasteiger charge is 2.12. The maximum Gasteiger partial charge on any atom is 0.0963 e. The van der Waals surface area contributed by atoms with E-state index in [2.05, 4.69) is 28.5 Å². The number of aromatic nitrogens is 3. The van der Waals surface area contributed by atoms with Crippen LogP contribution in [0.3, 0.4) is 0 Å². The topological polar surface area (TPSA) is 30.7 Å². The summed E-state index contributed by atoms with van der Waals surface area (Å²) in [5.41, 5.74) is 5.76. The molecule has 0 aliphatic rings. The molecule has 80 valence electrons. The van der Waals surface area contributed by atoms with E-state index in [0.717, 1.165) is 11.2 Å². The quantitative estimate of drug-likeness (QED) is 0.572. The molecule has 3 nitrogen and oxygen atoms in total. The molecule has 0 atom stereocenters. The first-order chi connectivity index (χ1) is 7.70. The van der Waals surface area contributed by atoms with E-state index in [-0.39, 0.29) is 0 Å². The van der Waals surface area contributed by atoms with Crippen LogP contribution in [0.15, 0.2) is 24.5 Å². The van der Waals surface area contributed by atoms with E-state index in [9.17, 15) is 0 Å². The van der Waals surface area contributed by atoms with E-state index in [4.69, 9.17) is 0 Å². The van der Waals surface area contributed by atoms with Crippen molar-refractivity contribution in [2.75, 3.05) is 0 Å². The lowest BCUT2D eigenvalue weighted by atomic mass is 10.2. The monoisotopic (exact) mass is 211 g/mol. The van der Waals surface area contributed by atoms with Crippen LogP contribution in [-0.4, -0.2) is 14.5 Å². The molecule has 0 saturated carbocycles. The standard InChI is InChI=1S/C13H13N3/c1-8-4-6-15-11-10-5-7-14-9(2)13(10)16(3)12(8)11/h4-7H,1-3H3. The molecule has 0 aliphatic heterocycles. The summed E-state index contributed by atoms with van der Waals surface area (Å²) in [6.07, 6.45) is 3.72. The highest BCUT2D eigenvalue weighted by atomic mass is 15.0. The number of rotatable bonds is 0. The molecular weight excluding hydrogens is 198 g/mol. The van der Waals surface area contributed by atoms with Crippen molar-refractivity contribution < 1.29 is 0 Å². The van der Waals surface area contributed by atoms with Gasteiger partial charge in [0, 0.05) is 24.8 Å².